The Hall–Kier alpha value is -0.280. The summed E-state index contributed by atoms with van der Waals surface area (Å²) in [7, 11) is 0. The highest BCUT2D eigenvalue weighted by atomic mass is 35.5. The highest BCUT2D eigenvalue weighted by molar-refractivity contribution is 6.30. The van der Waals surface area contributed by atoms with Gasteiger partial charge in [0.15, 0.2) is 0 Å². The van der Waals surface area contributed by atoms with Crippen molar-refractivity contribution in [2.75, 3.05) is 13.2 Å². The summed E-state index contributed by atoms with van der Waals surface area (Å²) in [5, 5.41) is 4.15. The smallest absolute Gasteiger partial charge is 0.0976 e. The van der Waals surface area contributed by atoms with Crippen molar-refractivity contribution in [1.82, 2.24) is 5.32 Å². The molecule has 1 aromatic carbocycles. The molecule has 1 saturated heterocycles. The number of rotatable bonds is 1. The van der Waals surface area contributed by atoms with Crippen molar-refractivity contribution < 1.29 is 4.74 Å². The van der Waals surface area contributed by atoms with E-state index in [4.69, 9.17) is 16.3 Å². The van der Waals surface area contributed by atoms with Crippen LogP contribution in [0.4, 0.5) is 0 Å². The fourth-order valence-corrected chi connectivity index (χ4v) is 1.99. The van der Waals surface area contributed by atoms with Crippen LogP contribution in [0.25, 0.3) is 0 Å². The predicted molar refractivity (Wildman–Crippen MR) is 64.9 cm³/mol. The first kappa shape index (κ1) is 12.8. The van der Waals surface area contributed by atoms with Crippen LogP contribution in [0.5, 0.6) is 0 Å². The van der Waals surface area contributed by atoms with Crippen molar-refractivity contribution in [3.8, 4) is 0 Å². The molecule has 1 aromatic rings. The molecule has 0 saturated carbocycles. The van der Waals surface area contributed by atoms with E-state index in [0.717, 1.165) is 23.7 Å². The Morgan fingerprint density at radius 2 is 2.27 bits per heavy atom. The number of morpholine rings is 1. The number of benzene rings is 1. The molecule has 0 aliphatic carbocycles. The predicted octanol–water partition coefficient (Wildman–Crippen LogP) is 2.81. The first-order valence-electron chi connectivity index (χ1n) is 4.88. The number of halogens is 2. The van der Waals surface area contributed by atoms with Crippen molar-refractivity contribution in [3.05, 3.63) is 34.9 Å². The van der Waals surface area contributed by atoms with Gasteiger partial charge in [-0.2, -0.15) is 0 Å². The second kappa shape index (κ2) is 5.71. The first-order chi connectivity index (χ1) is 6.77. The molecule has 15 heavy (non-hydrogen) atoms. The normalized spacial score (nSPS) is 25.7. The van der Waals surface area contributed by atoms with Crippen LogP contribution in [-0.4, -0.2) is 19.2 Å². The van der Waals surface area contributed by atoms with Gasteiger partial charge in [-0.15, -0.1) is 12.4 Å². The molecule has 0 aromatic heterocycles. The van der Waals surface area contributed by atoms with Gasteiger partial charge in [-0.25, -0.2) is 0 Å². The van der Waals surface area contributed by atoms with E-state index in [-0.39, 0.29) is 18.5 Å². The largest absolute Gasteiger partial charge is 0.371 e. The van der Waals surface area contributed by atoms with Crippen LogP contribution in [-0.2, 0) is 4.74 Å². The van der Waals surface area contributed by atoms with Gasteiger partial charge in [-0.05, 0) is 24.6 Å². The molecule has 1 fully saturated rings. The summed E-state index contributed by atoms with van der Waals surface area (Å²) in [6, 6.07) is 8.21. The molecule has 4 heteroatoms. The fourth-order valence-electron chi connectivity index (χ4n) is 1.79. The summed E-state index contributed by atoms with van der Waals surface area (Å²) in [4.78, 5) is 0. The van der Waals surface area contributed by atoms with Gasteiger partial charge in [0.2, 0.25) is 0 Å². The summed E-state index contributed by atoms with van der Waals surface area (Å²) in [5.41, 5.74) is 1.15. The maximum absolute atomic E-state index is 5.94. The summed E-state index contributed by atoms with van der Waals surface area (Å²) < 4.78 is 5.71. The van der Waals surface area contributed by atoms with E-state index in [1.807, 2.05) is 18.2 Å². The van der Waals surface area contributed by atoms with E-state index in [1.54, 1.807) is 0 Å². The molecule has 0 radical (unpaired) electrons. The highest BCUT2D eigenvalue weighted by Gasteiger charge is 2.22. The minimum absolute atomic E-state index is 0. The zero-order chi connectivity index (χ0) is 9.97. The van der Waals surface area contributed by atoms with E-state index >= 15 is 0 Å². The molecule has 0 bridgehead atoms. The molecule has 84 valence electrons. The summed E-state index contributed by atoms with van der Waals surface area (Å²) >= 11 is 5.94. The van der Waals surface area contributed by atoms with Gasteiger partial charge < -0.3 is 10.1 Å². The second-order valence-corrected chi connectivity index (χ2v) is 4.03. The monoisotopic (exact) mass is 247 g/mol. The van der Waals surface area contributed by atoms with Crippen LogP contribution < -0.4 is 5.32 Å². The quantitative estimate of drug-likeness (QED) is 0.825. The molecule has 1 N–H and O–H groups in total. The zero-order valence-corrected chi connectivity index (χ0v) is 10.1. The van der Waals surface area contributed by atoms with Gasteiger partial charge >= 0.3 is 0 Å². The van der Waals surface area contributed by atoms with Crippen LogP contribution >= 0.6 is 24.0 Å². The molecule has 2 nitrogen and oxygen atoms in total. The van der Waals surface area contributed by atoms with Crippen molar-refractivity contribution in [3.63, 3.8) is 0 Å². The number of nitrogens with one attached hydrogen (secondary N) is 1. The standard InChI is InChI=1S/C11H14ClNO.ClH/c1-8-11(14-6-5-13-8)9-3-2-4-10(12)7-9;/h2-4,7-8,11,13H,5-6H2,1H3;1H. The van der Waals surface area contributed by atoms with E-state index in [1.165, 1.54) is 0 Å². The van der Waals surface area contributed by atoms with Crippen LogP contribution in [0.3, 0.4) is 0 Å². The molecule has 1 aliphatic rings. The van der Waals surface area contributed by atoms with E-state index in [0.29, 0.717) is 6.04 Å². The molecule has 0 amide bonds. The minimum atomic E-state index is 0. The Balaban J connectivity index is 0.00000112. The molecule has 2 atom stereocenters. The van der Waals surface area contributed by atoms with E-state index < -0.39 is 0 Å². The number of hydrogen-bond donors (Lipinski definition) is 1. The summed E-state index contributed by atoms with van der Waals surface area (Å²) in [5.74, 6) is 0. The van der Waals surface area contributed by atoms with Gasteiger partial charge in [-0.3, -0.25) is 0 Å². The molecule has 0 spiro atoms. The third kappa shape index (κ3) is 3.08. The molecule has 2 unspecified atom stereocenters. The lowest BCUT2D eigenvalue weighted by atomic mass is 10.0. The highest BCUT2D eigenvalue weighted by Crippen LogP contribution is 2.25. The maximum Gasteiger partial charge on any atom is 0.0976 e. The maximum atomic E-state index is 5.94. The van der Waals surface area contributed by atoms with Gasteiger partial charge in [0.05, 0.1) is 12.7 Å². The average molecular weight is 248 g/mol. The third-order valence-corrected chi connectivity index (χ3v) is 2.73. The molecule has 1 heterocycles. The first-order valence-corrected chi connectivity index (χ1v) is 5.25. The number of hydrogen-bond acceptors (Lipinski definition) is 2. The molecule has 2 rings (SSSR count). The van der Waals surface area contributed by atoms with Gasteiger partial charge in [0.1, 0.15) is 0 Å². The van der Waals surface area contributed by atoms with Gasteiger partial charge in [0, 0.05) is 17.6 Å². The third-order valence-electron chi connectivity index (χ3n) is 2.50. The number of ether oxygens (including phenoxy) is 1. The Bertz CT molecular complexity index is 319. The fraction of sp³-hybridized carbons (Fsp3) is 0.455. The van der Waals surface area contributed by atoms with Crippen LogP contribution in [0.2, 0.25) is 5.02 Å². The van der Waals surface area contributed by atoms with Gasteiger partial charge in [0.25, 0.3) is 0 Å². The molecular formula is C11H15Cl2NO. The van der Waals surface area contributed by atoms with E-state index in [9.17, 15) is 0 Å². The molecule has 1 aliphatic heterocycles. The van der Waals surface area contributed by atoms with Crippen LogP contribution in [0.1, 0.15) is 18.6 Å². The zero-order valence-electron chi connectivity index (χ0n) is 8.57. The Morgan fingerprint density at radius 3 is 2.93 bits per heavy atom. The van der Waals surface area contributed by atoms with Crippen molar-refractivity contribution in [2.45, 2.75) is 19.1 Å². The minimum Gasteiger partial charge on any atom is -0.371 e. The SMILES string of the molecule is CC1NCCOC1c1cccc(Cl)c1.Cl. The Kier molecular flexibility index (Phi) is 4.87. The van der Waals surface area contributed by atoms with Crippen molar-refractivity contribution in [2.24, 2.45) is 0 Å². The second-order valence-electron chi connectivity index (χ2n) is 3.59. The molecular weight excluding hydrogens is 233 g/mol. The van der Waals surface area contributed by atoms with Gasteiger partial charge in [-0.1, -0.05) is 23.7 Å². The lowest BCUT2D eigenvalue weighted by Crippen LogP contribution is -2.41. The lowest BCUT2D eigenvalue weighted by molar-refractivity contribution is -0.000217. The van der Waals surface area contributed by atoms with Crippen molar-refractivity contribution >= 4 is 24.0 Å². The van der Waals surface area contributed by atoms with Crippen LogP contribution in [0.15, 0.2) is 24.3 Å². The summed E-state index contributed by atoms with van der Waals surface area (Å²) in [6.45, 7) is 3.82. The Labute approximate surface area is 101 Å². The lowest BCUT2D eigenvalue weighted by Gasteiger charge is -2.30. The Morgan fingerprint density at radius 1 is 1.47 bits per heavy atom. The topological polar surface area (TPSA) is 21.3 Å². The average Bonchev–Trinajstić information content (AvgIpc) is 2.18. The van der Waals surface area contributed by atoms with E-state index in [2.05, 4.69) is 18.3 Å². The summed E-state index contributed by atoms with van der Waals surface area (Å²) in [6.07, 6.45) is 0.127. The van der Waals surface area contributed by atoms with Crippen LogP contribution in [0, 0.1) is 0 Å². The van der Waals surface area contributed by atoms with Crippen molar-refractivity contribution in [1.29, 1.82) is 0 Å².